The summed E-state index contributed by atoms with van der Waals surface area (Å²) >= 11 is 0. The van der Waals surface area contributed by atoms with Crippen molar-refractivity contribution in [1.29, 1.82) is 0 Å². The van der Waals surface area contributed by atoms with E-state index in [1.165, 1.54) is 0 Å². The Morgan fingerprint density at radius 1 is 1.14 bits per heavy atom. The molecule has 6 N–H and O–H groups in total. The van der Waals surface area contributed by atoms with Crippen molar-refractivity contribution in [2.45, 2.75) is 63.3 Å². The van der Waals surface area contributed by atoms with Gasteiger partial charge in [0.15, 0.2) is 0 Å². The maximum absolute atomic E-state index is 11.1. The minimum atomic E-state index is -3.21. The van der Waals surface area contributed by atoms with Gasteiger partial charge in [0, 0.05) is 24.2 Å². The number of H-pyrrole nitrogens is 1. The fraction of sp³-hybridized carbons (Fsp3) is 0.609. The van der Waals surface area contributed by atoms with Crippen LogP contribution in [0.3, 0.4) is 0 Å². The number of nitrogens with zero attached hydrogens (tertiary/aromatic N) is 1. The molecule has 202 valence electrons. The van der Waals surface area contributed by atoms with Gasteiger partial charge in [-0.3, -0.25) is 5.10 Å². The lowest BCUT2D eigenvalue weighted by molar-refractivity contribution is -0.278. The van der Waals surface area contributed by atoms with Crippen molar-refractivity contribution in [1.82, 2.24) is 14.9 Å². The van der Waals surface area contributed by atoms with E-state index >= 15 is 0 Å². The molecule has 0 bridgehead atoms. The lowest BCUT2D eigenvalue weighted by atomic mass is 9.98. The van der Waals surface area contributed by atoms with Gasteiger partial charge in [-0.2, -0.15) is 0 Å². The van der Waals surface area contributed by atoms with Crippen LogP contribution in [0.4, 0.5) is 0 Å². The fourth-order valence-electron chi connectivity index (χ4n) is 3.81. The third kappa shape index (κ3) is 7.38. The Balaban J connectivity index is 1.67. The molecule has 0 amide bonds. The molecule has 1 saturated heterocycles. The van der Waals surface area contributed by atoms with E-state index in [0.717, 1.165) is 23.1 Å². The van der Waals surface area contributed by atoms with Crippen LogP contribution in [0.5, 0.6) is 11.6 Å². The van der Waals surface area contributed by atoms with E-state index in [2.05, 4.69) is 14.9 Å². The highest BCUT2D eigenvalue weighted by Crippen LogP contribution is 2.31. The van der Waals surface area contributed by atoms with Gasteiger partial charge >= 0.3 is 0 Å². The monoisotopic (exact) mass is 529 g/mol. The molecule has 36 heavy (non-hydrogen) atoms. The molecule has 12 nitrogen and oxygen atoms in total. The Kier molecular flexibility index (Phi) is 9.69. The van der Waals surface area contributed by atoms with Gasteiger partial charge < -0.3 is 34.6 Å². The lowest BCUT2D eigenvalue weighted by Crippen LogP contribution is -2.60. The van der Waals surface area contributed by atoms with Gasteiger partial charge in [0.25, 0.3) is 0 Å². The number of aromatic amines is 1. The molecule has 0 spiro atoms. The Labute approximate surface area is 210 Å². The van der Waals surface area contributed by atoms with Gasteiger partial charge in [-0.25, -0.2) is 13.1 Å². The third-order valence-corrected chi connectivity index (χ3v) is 6.50. The number of aliphatic hydroxyl groups is 4. The summed E-state index contributed by atoms with van der Waals surface area (Å²) in [5.41, 5.74) is 2.50. The third-order valence-electron chi connectivity index (χ3n) is 5.77. The zero-order valence-electron chi connectivity index (χ0n) is 20.5. The van der Waals surface area contributed by atoms with Gasteiger partial charge in [0.2, 0.25) is 22.2 Å². The maximum atomic E-state index is 11.1. The molecule has 1 aliphatic heterocycles. The van der Waals surface area contributed by atoms with Crippen LogP contribution in [-0.2, 0) is 21.2 Å². The van der Waals surface area contributed by atoms with Gasteiger partial charge in [-0.1, -0.05) is 26.0 Å². The van der Waals surface area contributed by atoms with E-state index in [9.17, 15) is 28.8 Å². The summed E-state index contributed by atoms with van der Waals surface area (Å²) in [5, 5.41) is 47.0. The van der Waals surface area contributed by atoms with E-state index < -0.39 is 47.3 Å². The summed E-state index contributed by atoms with van der Waals surface area (Å²) in [6.45, 7) is 4.08. The largest absolute Gasteiger partial charge is 0.494 e. The number of nitrogens with one attached hydrogen (secondary N) is 2. The highest BCUT2D eigenvalue weighted by Gasteiger charge is 2.45. The SMILES string of the molecule is CC(C)c1[nH]nc(O[C@@H]2O[C@H](CO)[C@@H](O)[C@H](O)[C@H]2O)c1Cc1ccc(OCCCNS(C)(=O)=O)cc1. The van der Waals surface area contributed by atoms with E-state index in [-0.39, 0.29) is 11.8 Å². The Bertz CT molecular complexity index is 1070. The normalized spacial score (nSPS) is 24.7. The second-order valence-corrected chi connectivity index (χ2v) is 10.9. The first-order chi connectivity index (χ1) is 17.0. The number of aromatic nitrogens is 2. The molecular formula is C23H35N3O9S. The van der Waals surface area contributed by atoms with Crippen LogP contribution in [0.25, 0.3) is 0 Å². The molecular weight excluding hydrogens is 494 g/mol. The summed E-state index contributed by atoms with van der Waals surface area (Å²) in [4.78, 5) is 0. The van der Waals surface area contributed by atoms with Crippen LogP contribution in [-0.4, -0.2) is 95.8 Å². The number of hydrogen-bond donors (Lipinski definition) is 6. The smallest absolute Gasteiger partial charge is 0.238 e. The van der Waals surface area contributed by atoms with Crippen molar-refractivity contribution in [2.24, 2.45) is 0 Å². The lowest BCUT2D eigenvalue weighted by Gasteiger charge is -2.39. The summed E-state index contributed by atoms with van der Waals surface area (Å²) in [6.07, 6.45) is -4.92. The second-order valence-electron chi connectivity index (χ2n) is 9.08. The van der Waals surface area contributed by atoms with Crippen LogP contribution in [0, 0.1) is 0 Å². The quantitative estimate of drug-likeness (QED) is 0.198. The highest BCUT2D eigenvalue weighted by atomic mass is 32.2. The van der Waals surface area contributed by atoms with E-state index in [1.54, 1.807) is 0 Å². The van der Waals surface area contributed by atoms with Crippen molar-refractivity contribution < 1.29 is 43.1 Å². The molecule has 1 aromatic carbocycles. The van der Waals surface area contributed by atoms with Crippen molar-refractivity contribution in [3.05, 3.63) is 41.1 Å². The average molecular weight is 530 g/mol. The zero-order valence-corrected chi connectivity index (χ0v) is 21.3. The predicted octanol–water partition coefficient (Wildman–Crippen LogP) is -0.379. The van der Waals surface area contributed by atoms with Crippen molar-refractivity contribution >= 4 is 10.0 Å². The summed E-state index contributed by atoms with van der Waals surface area (Å²) in [5.74, 6) is 0.914. The van der Waals surface area contributed by atoms with Gasteiger partial charge in [-0.15, -0.1) is 5.10 Å². The van der Waals surface area contributed by atoms with Gasteiger partial charge in [-0.05, 0) is 30.0 Å². The van der Waals surface area contributed by atoms with E-state index in [4.69, 9.17) is 14.2 Å². The molecule has 2 aromatic rings. The highest BCUT2D eigenvalue weighted by molar-refractivity contribution is 7.88. The molecule has 1 aliphatic rings. The van der Waals surface area contributed by atoms with Crippen LogP contribution in [0.1, 0.15) is 43.0 Å². The van der Waals surface area contributed by atoms with Crippen LogP contribution in [0.15, 0.2) is 24.3 Å². The second kappa shape index (κ2) is 12.3. The Morgan fingerprint density at radius 2 is 1.83 bits per heavy atom. The first kappa shape index (κ1) is 28.3. The van der Waals surface area contributed by atoms with E-state index in [0.29, 0.717) is 31.7 Å². The molecule has 13 heteroatoms. The summed E-state index contributed by atoms with van der Waals surface area (Å²) < 4.78 is 41.5. The first-order valence-corrected chi connectivity index (χ1v) is 13.6. The summed E-state index contributed by atoms with van der Waals surface area (Å²) in [6, 6.07) is 7.40. The number of rotatable bonds is 12. The van der Waals surface area contributed by atoms with Crippen LogP contribution in [0.2, 0.25) is 0 Å². The molecule has 2 heterocycles. The predicted molar refractivity (Wildman–Crippen MR) is 129 cm³/mol. The Hall–Kier alpha value is -2.26. The first-order valence-electron chi connectivity index (χ1n) is 11.7. The molecule has 3 rings (SSSR count). The van der Waals surface area contributed by atoms with Gasteiger partial charge in [0.05, 0.1) is 19.5 Å². The number of hydrogen-bond acceptors (Lipinski definition) is 10. The average Bonchev–Trinajstić information content (AvgIpc) is 3.21. The minimum absolute atomic E-state index is 0.0859. The minimum Gasteiger partial charge on any atom is -0.494 e. The Morgan fingerprint density at radius 3 is 2.44 bits per heavy atom. The standard InChI is InChI=1S/C23H35N3O9S/c1-13(2)18-16(11-14-5-7-15(8-6-14)33-10-4-9-24-36(3,31)32)22(26-25-18)35-23-21(30)20(29)19(28)17(12-27)34-23/h5-8,13,17,19-21,23-24,27-30H,4,9-12H2,1-3H3,(H,25,26)/t17-,19-,20+,21-,23+/m1/s1. The molecule has 0 radical (unpaired) electrons. The molecule has 5 atom stereocenters. The number of benzene rings is 1. The van der Waals surface area contributed by atoms with Crippen LogP contribution < -0.4 is 14.2 Å². The van der Waals surface area contributed by atoms with Crippen LogP contribution >= 0.6 is 0 Å². The molecule has 1 fully saturated rings. The maximum Gasteiger partial charge on any atom is 0.238 e. The molecule has 0 aliphatic carbocycles. The number of aliphatic hydroxyl groups excluding tert-OH is 4. The number of ether oxygens (including phenoxy) is 3. The van der Waals surface area contributed by atoms with Crippen molar-refractivity contribution in [3.63, 3.8) is 0 Å². The zero-order chi connectivity index (χ0) is 26.5. The van der Waals surface area contributed by atoms with Crippen molar-refractivity contribution in [3.8, 4) is 11.6 Å². The molecule has 1 aromatic heterocycles. The van der Waals surface area contributed by atoms with Crippen molar-refractivity contribution in [2.75, 3.05) is 26.0 Å². The molecule has 0 unspecified atom stereocenters. The topological polar surface area (TPSA) is 183 Å². The van der Waals surface area contributed by atoms with Gasteiger partial charge in [0.1, 0.15) is 30.2 Å². The molecule has 0 saturated carbocycles. The fourth-order valence-corrected chi connectivity index (χ4v) is 4.32. The van der Waals surface area contributed by atoms with E-state index in [1.807, 2.05) is 38.1 Å². The number of sulfonamides is 1. The summed E-state index contributed by atoms with van der Waals surface area (Å²) in [7, 11) is -3.21.